The molecule has 1 N–H and O–H groups in total. The minimum Gasteiger partial charge on any atom is -0.324 e. The van der Waals surface area contributed by atoms with Gasteiger partial charge in [-0.05, 0) is 30.7 Å². The van der Waals surface area contributed by atoms with Crippen molar-refractivity contribution in [1.29, 1.82) is 0 Å². The van der Waals surface area contributed by atoms with Gasteiger partial charge in [0.15, 0.2) is 0 Å². The van der Waals surface area contributed by atoms with Crippen LogP contribution < -0.4 is 10.9 Å². The Morgan fingerprint density at radius 3 is 2.71 bits per heavy atom. The van der Waals surface area contributed by atoms with Crippen molar-refractivity contribution in [1.82, 2.24) is 9.78 Å². The highest BCUT2D eigenvalue weighted by Gasteiger charge is 2.11. The van der Waals surface area contributed by atoms with E-state index >= 15 is 0 Å². The minimum absolute atomic E-state index is 0.0480. The van der Waals surface area contributed by atoms with Crippen LogP contribution in [-0.2, 0) is 11.3 Å². The molecule has 0 aliphatic rings. The summed E-state index contributed by atoms with van der Waals surface area (Å²) < 4.78 is 0.939. The van der Waals surface area contributed by atoms with Gasteiger partial charge in [-0.15, -0.1) is 0 Å². The van der Waals surface area contributed by atoms with Gasteiger partial charge in [-0.2, -0.15) is 5.10 Å². The predicted molar refractivity (Wildman–Crippen MR) is 83.3 cm³/mol. The Hall–Kier alpha value is -1.56. The monoisotopic (exact) mass is 345 g/mol. The van der Waals surface area contributed by atoms with Crippen molar-refractivity contribution in [2.75, 3.05) is 5.32 Å². The molecule has 0 aliphatic heterocycles. The normalized spacial score (nSPS) is 10.5. The molecule has 1 aromatic heterocycles. The third kappa shape index (κ3) is 3.75. The summed E-state index contributed by atoms with van der Waals surface area (Å²) >= 11 is 17.2. The fourth-order valence-corrected chi connectivity index (χ4v) is 2.15. The standard InChI is InChI=1S/C13H10Cl3N3O2/c1-7-4-8(14)2-3-10(7)18-11(20)6-19-13(21)12(16)9(15)5-17-19/h2-5H,6H2,1H3,(H,18,20). The van der Waals surface area contributed by atoms with Crippen molar-refractivity contribution >= 4 is 46.4 Å². The Bertz CT molecular complexity index is 759. The Kier molecular flexibility index (Phi) is 4.88. The van der Waals surface area contributed by atoms with Crippen LogP contribution in [0.15, 0.2) is 29.2 Å². The number of anilines is 1. The van der Waals surface area contributed by atoms with Crippen molar-refractivity contribution in [3.63, 3.8) is 0 Å². The summed E-state index contributed by atoms with van der Waals surface area (Å²) in [6.45, 7) is 1.54. The van der Waals surface area contributed by atoms with Crippen LogP contribution >= 0.6 is 34.8 Å². The van der Waals surface area contributed by atoms with Crippen molar-refractivity contribution in [2.45, 2.75) is 13.5 Å². The molecule has 0 atom stereocenters. The Morgan fingerprint density at radius 2 is 2.05 bits per heavy atom. The average molecular weight is 347 g/mol. The molecule has 0 unspecified atom stereocenters. The zero-order valence-corrected chi connectivity index (χ0v) is 13.1. The zero-order valence-electron chi connectivity index (χ0n) is 10.9. The molecule has 0 aliphatic carbocycles. The Morgan fingerprint density at radius 1 is 1.33 bits per heavy atom. The molecule has 0 saturated heterocycles. The van der Waals surface area contributed by atoms with Gasteiger partial charge in [0.2, 0.25) is 5.91 Å². The molecule has 1 amide bonds. The lowest BCUT2D eigenvalue weighted by Gasteiger charge is -2.09. The summed E-state index contributed by atoms with van der Waals surface area (Å²) in [5.41, 5.74) is 0.801. The summed E-state index contributed by atoms with van der Waals surface area (Å²) in [7, 11) is 0. The van der Waals surface area contributed by atoms with Crippen molar-refractivity contribution in [3.05, 3.63) is 55.4 Å². The summed E-state index contributed by atoms with van der Waals surface area (Å²) in [4.78, 5) is 23.7. The number of nitrogens with zero attached hydrogens (tertiary/aromatic N) is 2. The van der Waals surface area contributed by atoms with Gasteiger partial charge in [0.05, 0.1) is 11.2 Å². The SMILES string of the molecule is Cc1cc(Cl)ccc1NC(=O)Cn1ncc(Cl)c(Cl)c1=O. The summed E-state index contributed by atoms with van der Waals surface area (Å²) in [6, 6.07) is 5.06. The van der Waals surface area contributed by atoms with Crippen molar-refractivity contribution < 1.29 is 4.79 Å². The van der Waals surface area contributed by atoms with E-state index in [0.717, 1.165) is 10.2 Å². The quantitative estimate of drug-likeness (QED) is 0.928. The second kappa shape index (κ2) is 6.47. The van der Waals surface area contributed by atoms with Gasteiger partial charge >= 0.3 is 0 Å². The van der Waals surface area contributed by atoms with E-state index in [1.54, 1.807) is 18.2 Å². The number of aryl methyl sites for hydroxylation is 1. The van der Waals surface area contributed by atoms with Gasteiger partial charge in [-0.1, -0.05) is 34.8 Å². The molecule has 0 fully saturated rings. The summed E-state index contributed by atoms with van der Waals surface area (Å²) in [5, 5.41) is 6.90. The second-order valence-corrected chi connectivity index (χ2v) is 5.50. The van der Waals surface area contributed by atoms with Crippen LogP contribution in [0.5, 0.6) is 0 Å². The van der Waals surface area contributed by atoms with Crippen LogP contribution in [-0.4, -0.2) is 15.7 Å². The Balaban J connectivity index is 2.16. The van der Waals surface area contributed by atoms with E-state index in [0.29, 0.717) is 10.7 Å². The maximum Gasteiger partial charge on any atom is 0.287 e. The fourth-order valence-electron chi connectivity index (χ4n) is 1.65. The molecule has 2 rings (SSSR count). The van der Waals surface area contributed by atoms with Crippen LogP contribution in [0.3, 0.4) is 0 Å². The minimum atomic E-state index is -0.618. The number of hydrogen-bond acceptors (Lipinski definition) is 3. The lowest BCUT2D eigenvalue weighted by Crippen LogP contribution is -2.30. The molecule has 0 spiro atoms. The number of amides is 1. The summed E-state index contributed by atoms with van der Waals surface area (Å²) in [5.74, 6) is -0.409. The molecule has 2 aromatic rings. The zero-order chi connectivity index (χ0) is 15.6. The van der Waals surface area contributed by atoms with E-state index in [4.69, 9.17) is 34.8 Å². The number of carbonyl (C=O) groups excluding carboxylic acids is 1. The molecule has 8 heteroatoms. The van der Waals surface area contributed by atoms with Gasteiger partial charge in [0, 0.05) is 10.7 Å². The number of aromatic nitrogens is 2. The van der Waals surface area contributed by atoms with Crippen LogP contribution in [0.2, 0.25) is 15.1 Å². The molecule has 0 bridgehead atoms. The van der Waals surface area contributed by atoms with E-state index in [2.05, 4.69) is 10.4 Å². The van der Waals surface area contributed by atoms with E-state index < -0.39 is 11.5 Å². The topological polar surface area (TPSA) is 64.0 Å². The predicted octanol–water partition coefficient (Wildman–Crippen LogP) is 3.15. The number of rotatable bonds is 3. The third-order valence-electron chi connectivity index (χ3n) is 2.70. The first kappa shape index (κ1) is 15.8. The van der Waals surface area contributed by atoms with Gasteiger partial charge in [-0.3, -0.25) is 9.59 Å². The molecule has 5 nitrogen and oxygen atoms in total. The average Bonchev–Trinajstić information content (AvgIpc) is 2.43. The first-order chi connectivity index (χ1) is 9.88. The first-order valence-corrected chi connectivity index (χ1v) is 6.99. The molecular weight excluding hydrogens is 337 g/mol. The lowest BCUT2D eigenvalue weighted by atomic mass is 10.2. The van der Waals surface area contributed by atoms with Crippen LogP contribution in [0.4, 0.5) is 5.69 Å². The molecule has 1 aromatic carbocycles. The summed E-state index contributed by atoms with van der Waals surface area (Å²) in [6.07, 6.45) is 1.21. The fraction of sp³-hybridized carbons (Fsp3) is 0.154. The van der Waals surface area contributed by atoms with Gasteiger partial charge in [0.25, 0.3) is 5.56 Å². The van der Waals surface area contributed by atoms with E-state index in [-0.39, 0.29) is 16.6 Å². The molecular formula is C13H10Cl3N3O2. The number of nitrogens with one attached hydrogen (secondary N) is 1. The second-order valence-electron chi connectivity index (χ2n) is 4.28. The third-order valence-corrected chi connectivity index (χ3v) is 3.68. The highest BCUT2D eigenvalue weighted by Crippen LogP contribution is 2.19. The van der Waals surface area contributed by atoms with Crippen LogP contribution in [0, 0.1) is 6.92 Å². The van der Waals surface area contributed by atoms with Crippen molar-refractivity contribution in [3.8, 4) is 0 Å². The molecule has 0 saturated carbocycles. The van der Waals surface area contributed by atoms with Gasteiger partial charge in [0.1, 0.15) is 11.6 Å². The number of carbonyl (C=O) groups is 1. The van der Waals surface area contributed by atoms with Crippen LogP contribution in [0.25, 0.3) is 0 Å². The van der Waals surface area contributed by atoms with E-state index in [1.165, 1.54) is 6.20 Å². The van der Waals surface area contributed by atoms with Gasteiger partial charge < -0.3 is 5.32 Å². The lowest BCUT2D eigenvalue weighted by molar-refractivity contribution is -0.117. The van der Waals surface area contributed by atoms with Crippen LogP contribution in [0.1, 0.15) is 5.56 Å². The highest BCUT2D eigenvalue weighted by atomic mass is 35.5. The number of benzene rings is 1. The molecule has 21 heavy (non-hydrogen) atoms. The first-order valence-electron chi connectivity index (χ1n) is 5.85. The number of halogens is 3. The maximum absolute atomic E-state index is 11.9. The van der Waals surface area contributed by atoms with Crippen molar-refractivity contribution in [2.24, 2.45) is 0 Å². The Labute approximate surface area is 135 Å². The van der Waals surface area contributed by atoms with E-state index in [9.17, 15) is 9.59 Å². The molecule has 110 valence electrons. The van der Waals surface area contributed by atoms with Gasteiger partial charge in [-0.25, -0.2) is 4.68 Å². The largest absolute Gasteiger partial charge is 0.324 e. The molecule has 1 heterocycles. The number of hydrogen-bond donors (Lipinski definition) is 1. The maximum atomic E-state index is 11.9. The van der Waals surface area contributed by atoms with E-state index in [1.807, 2.05) is 6.92 Å². The molecule has 0 radical (unpaired) electrons. The smallest absolute Gasteiger partial charge is 0.287 e. The highest BCUT2D eigenvalue weighted by molar-refractivity contribution is 6.41.